The van der Waals surface area contributed by atoms with Crippen molar-refractivity contribution in [2.24, 2.45) is 5.14 Å². The van der Waals surface area contributed by atoms with E-state index < -0.39 is 10.0 Å². The molecule has 4 N–H and O–H groups in total. The molecule has 3 rings (SSSR count). The summed E-state index contributed by atoms with van der Waals surface area (Å²) in [5, 5.41) is 19.8. The lowest BCUT2D eigenvalue weighted by atomic mass is 10.3. The minimum Gasteiger partial charge on any atom is -0.330 e. The lowest BCUT2D eigenvalue weighted by Crippen LogP contribution is -2.14. The van der Waals surface area contributed by atoms with Crippen LogP contribution in [0.5, 0.6) is 0 Å². The smallest absolute Gasteiger partial charge is 0.238 e. The van der Waals surface area contributed by atoms with Crippen LogP contribution in [-0.2, 0) is 14.8 Å². The SMILES string of the molecule is NS(=O)(=O)c1ccc(NC(=O)CCSc2nnc(Nc3ccccc3)s2)cc1. The lowest BCUT2D eigenvalue weighted by Gasteiger charge is -2.05. The van der Waals surface area contributed by atoms with Gasteiger partial charge in [-0.1, -0.05) is 41.3 Å². The van der Waals surface area contributed by atoms with Crippen LogP contribution in [0.4, 0.5) is 16.5 Å². The second kappa shape index (κ2) is 9.15. The van der Waals surface area contributed by atoms with Crippen LogP contribution in [0.3, 0.4) is 0 Å². The Labute approximate surface area is 170 Å². The Morgan fingerprint density at radius 2 is 1.75 bits per heavy atom. The zero-order valence-electron chi connectivity index (χ0n) is 14.5. The maximum Gasteiger partial charge on any atom is 0.238 e. The number of carbonyl (C=O) groups excluding carboxylic acids is 1. The monoisotopic (exact) mass is 435 g/mol. The summed E-state index contributed by atoms with van der Waals surface area (Å²) in [6, 6.07) is 15.4. The molecule has 1 aromatic heterocycles. The van der Waals surface area contributed by atoms with Gasteiger partial charge in [-0.25, -0.2) is 13.6 Å². The average molecular weight is 436 g/mol. The quantitative estimate of drug-likeness (QED) is 0.464. The van der Waals surface area contributed by atoms with Crippen LogP contribution in [0.2, 0.25) is 0 Å². The number of benzene rings is 2. The number of nitrogens with two attached hydrogens (primary N) is 1. The van der Waals surface area contributed by atoms with E-state index in [1.54, 1.807) is 0 Å². The van der Waals surface area contributed by atoms with E-state index in [0.29, 0.717) is 16.6 Å². The molecule has 1 heterocycles. The molecule has 0 unspecified atom stereocenters. The van der Waals surface area contributed by atoms with E-state index in [9.17, 15) is 13.2 Å². The molecule has 0 atom stereocenters. The molecule has 0 fully saturated rings. The van der Waals surface area contributed by atoms with E-state index >= 15 is 0 Å². The van der Waals surface area contributed by atoms with E-state index in [-0.39, 0.29) is 17.2 Å². The molecule has 2 aromatic carbocycles. The predicted octanol–water partition coefficient (Wildman–Crippen LogP) is 3.05. The first-order valence-electron chi connectivity index (χ1n) is 8.11. The highest BCUT2D eigenvalue weighted by atomic mass is 32.2. The van der Waals surface area contributed by atoms with Crippen LogP contribution in [0.25, 0.3) is 0 Å². The van der Waals surface area contributed by atoms with Crippen molar-refractivity contribution < 1.29 is 13.2 Å². The van der Waals surface area contributed by atoms with Gasteiger partial charge in [0.1, 0.15) is 0 Å². The molecule has 0 aliphatic carbocycles. The first-order chi connectivity index (χ1) is 13.4. The molecule has 0 radical (unpaired) electrons. The number of anilines is 3. The number of para-hydroxylation sites is 1. The fourth-order valence-corrected chi connectivity index (χ4v) is 4.44. The third-order valence-corrected chi connectivity index (χ3v) is 6.36. The molecule has 28 heavy (non-hydrogen) atoms. The van der Waals surface area contributed by atoms with E-state index in [2.05, 4.69) is 20.8 Å². The number of carbonyl (C=O) groups is 1. The summed E-state index contributed by atoms with van der Waals surface area (Å²) in [5.74, 6) is 0.365. The highest BCUT2D eigenvalue weighted by Crippen LogP contribution is 2.28. The van der Waals surface area contributed by atoms with Gasteiger partial charge in [0.15, 0.2) is 4.34 Å². The van der Waals surface area contributed by atoms with Crippen molar-refractivity contribution in [1.29, 1.82) is 0 Å². The van der Waals surface area contributed by atoms with Crippen LogP contribution in [-0.4, -0.2) is 30.3 Å². The molecule has 0 spiro atoms. The molecule has 3 aromatic rings. The first kappa shape index (κ1) is 20.3. The van der Waals surface area contributed by atoms with Crippen LogP contribution in [0, 0.1) is 0 Å². The Bertz CT molecular complexity index is 1040. The van der Waals surface area contributed by atoms with Crippen molar-refractivity contribution in [2.45, 2.75) is 15.7 Å². The van der Waals surface area contributed by atoms with E-state index in [1.807, 2.05) is 30.3 Å². The van der Waals surface area contributed by atoms with Gasteiger partial charge in [-0.15, -0.1) is 10.2 Å². The maximum atomic E-state index is 12.0. The highest BCUT2D eigenvalue weighted by Gasteiger charge is 2.09. The summed E-state index contributed by atoms with van der Waals surface area (Å²) in [6.07, 6.45) is 0.280. The standard InChI is InChI=1S/C17H17N5O3S3/c18-28(24,25)14-8-6-13(7-9-14)19-15(23)10-11-26-17-22-21-16(27-17)20-12-4-2-1-3-5-12/h1-9H,10-11H2,(H,19,23)(H,20,21)(H2,18,24,25). The molecule has 146 valence electrons. The summed E-state index contributed by atoms with van der Waals surface area (Å²) in [4.78, 5) is 12.0. The predicted molar refractivity (Wildman–Crippen MR) is 111 cm³/mol. The van der Waals surface area contributed by atoms with Crippen molar-refractivity contribution in [3.63, 3.8) is 0 Å². The van der Waals surface area contributed by atoms with Crippen LogP contribution in [0.15, 0.2) is 63.8 Å². The van der Waals surface area contributed by atoms with E-state index in [0.717, 1.165) is 10.0 Å². The van der Waals surface area contributed by atoms with Gasteiger partial charge in [-0.2, -0.15) is 0 Å². The number of rotatable bonds is 8. The largest absolute Gasteiger partial charge is 0.330 e. The van der Waals surface area contributed by atoms with Crippen molar-refractivity contribution in [3.05, 3.63) is 54.6 Å². The maximum absolute atomic E-state index is 12.0. The summed E-state index contributed by atoms with van der Waals surface area (Å²) in [6.45, 7) is 0. The molecule has 0 aliphatic heterocycles. The average Bonchev–Trinajstić information content (AvgIpc) is 3.09. The van der Waals surface area contributed by atoms with Crippen LogP contribution in [0.1, 0.15) is 6.42 Å². The number of primary sulfonamides is 1. The lowest BCUT2D eigenvalue weighted by molar-refractivity contribution is -0.115. The normalized spacial score (nSPS) is 11.2. The molecular formula is C17H17N5O3S3. The molecule has 0 saturated carbocycles. The fourth-order valence-electron chi connectivity index (χ4n) is 2.15. The van der Waals surface area contributed by atoms with Crippen molar-refractivity contribution in [2.75, 3.05) is 16.4 Å². The van der Waals surface area contributed by atoms with Crippen molar-refractivity contribution in [3.8, 4) is 0 Å². The highest BCUT2D eigenvalue weighted by molar-refractivity contribution is 8.01. The van der Waals surface area contributed by atoms with Crippen molar-refractivity contribution in [1.82, 2.24) is 10.2 Å². The van der Waals surface area contributed by atoms with Gasteiger partial charge in [-0.3, -0.25) is 4.79 Å². The number of nitrogens with one attached hydrogen (secondary N) is 2. The van der Waals surface area contributed by atoms with Gasteiger partial charge in [0.2, 0.25) is 21.1 Å². The van der Waals surface area contributed by atoms with Crippen LogP contribution >= 0.6 is 23.1 Å². The molecule has 8 nitrogen and oxygen atoms in total. The second-order valence-electron chi connectivity index (χ2n) is 5.58. The minimum atomic E-state index is -3.74. The number of aromatic nitrogens is 2. The molecular weight excluding hydrogens is 418 g/mol. The number of amides is 1. The molecule has 0 aliphatic rings. The fraction of sp³-hybridized carbons (Fsp3) is 0.118. The Morgan fingerprint density at radius 3 is 2.43 bits per heavy atom. The summed E-state index contributed by atoms with van der Waals surface area (Å²) in [5.41, 5.74) is 1.44. The van der Waals surface area contributed by atoms with Gasteiger partial charge in [0.25, 0.3) is 0 Å². The Balaban J connectivity index is 1.44. The summed E-state index contributed by atoms with van der Waals surface area (Å²) < 4.78 is 23.2. The first-order valence-corrected chi connectivity index (χ1v) is 11.5. The third kappa shape index (κ3) is 6.02. The number of sulfonamides is 1. The van der Waals surface area contributed by atoms with E-state index in [4.69, 9.17) is 5.14 Å². The molecule has 11 heteroatoms. The number of nitrogens with zero attached hydrogens (tertiary/aromatic N) is 2. The van der Waals surface area contributed by atoms with E-state index in [1.165, 1.54) is 47.4 Å². The van der Waals surface area contributed by atoms with Gasteiger partial charge < -0.3 is 10.6 Å². The molecule has 0 bridgehead atoms. The summed E-state index contributed by atoms with van der Waals surface area (Å²) in [7, 11) is -3.74. The minimum absolute atomic E-state index is 0.00255. The Hall–Kier alpha value is -2.47. The number of hydrogen-bond donors (Lipinski definition) is 3. The van der Waals surface area contributed by atoms with Crippen LogP contribution < -0.4 is 15.8 Å². The topological polar surface area (TPSA) is 127 Å². The van der Waals surface area contributed by atoms with Gasteiger partial charge >= 0.3 is 0 Å². The zero-order valence-corrected chi connectivity index (χ0v) is 17.0. The summed E-state index contributed by atoms with van der Waals surface area (Å²) >= 11 is 2.86. The Morgan fingerprint density at radius 1 is 1.04 bits per heavy atom. The number of thioether (sulfide) groups is 1. The van der Waals surface area contributed by atoms with Crippen molar-refractivity contribution >= 4 is 55.5 Å². The van der Waals surface area contributed by atoms with Gasteiger partial charge in [-0.05, 0) is 36.4 Å². The Kier molecular flexibility index (Phi) is 6.62. The third-order valence-electron chi connectivity index (χ3n) is 3.45. The van der Waals surface area contributed by atoms with Gasteiger partial charge in [0, 0.05) is 23.5 Å². The molecule has 1 amide bonds. The van der Waals surface area contributed by atoms with Gasteiger partial charge in [0.05, 0.1) is 4.90 Å². The zero-order chi connectivity index (χ0) is 20.0. The number of hydrogen-bond acceptors (Lipinski definition) is 8. The second-order valence-corrected chi connectivity index (χ2v) is 9.46. The molecule has 0 saturated heterocycles.